The van der Waals surface area contributed by atoms with Crippen LogP contribution in [-0.4, -0.2) is 48.6 Å². The van der Waals surface area contributed by atoms with Gasteiger partial charge in [-0.25, -0.2) is 0 Å². The molecule has 0 radical (unpaired) electrons. The van der Waals surface area contributed by atoms with Crippen molar-refractivity contribution in [2.45, 2.75) is 12.5 Å². The summed E-state index contributed by atoms with van der Waals surface area (Å²) in [5.41, 5.74) is 0.907. The second kappa shape index (κ2) is 5.29. The molecule has 0 aliphatic carbocycles. The standard InChI is InChI=1S/C13H17NO3/c1-14-6-7-17-13(9-14)12(16)8-10-2-4-11(15)5-3-10/h2-5,13,15H,6-9H2,1H3. The summed E-state index contributed by atoms with van der Waals surface area (Å²) in [6.07, 6.45) is 0.0428. The Kier molecular flexibility index (Phi) is 3.76. The van der Waals surface area contributed by atoms with Crippen LogP contribution < -0.4 is 0 Å². The molecule has 92 valence electrons. The zero-order valence-corrected chi connectivity index (χ0v) is 9.93. The third-order valence-electron chi connectivity index (χ3n) is 2.94. The molecule has 1 N–H and O–H groups in total. The molecule has 17 heavy (non-hydrogen) atoms. The molecule has 4 heteroatoms. The van der Waals surface area contributed by atoms with E-state index in [1.165, 1.54) is 0 Å². The highest BCUT2D eigenvalue weighted by Crippen LogP contribution is 2.12. The van der Waals surface area contributed by atoms with Crippen molar-refractivity contribution in [3.05, 3.63) is 29.8 Å². The molecule has 1 aromatic carbocycles. The Morgan fingerprint density at radius 1 is 1.47 bits per heavy atom. The minimum absolute atomic E-state index is 0.0993. The SMILES string of the molecule is CN1CCOC(C(=O)Cc2ccc(O)cc2)C1. The number of phenols is 1. The number of ether oxygens (including phenoxy) is 1. The van der Waals surface area contributed by atoms with Crippen molar-refractivity contribution in [3.8, 4) is 5.75 Å². The monoisotopic (exact) mass is 235 g/mol. The number of morpholine rings is 1. The van der Waals surface area contributed by atoms with Gasteiger partial charge in [-0.3, -0.25) is 4.79 Å². The molecule has 1 aliphatic rings. The first-order valence-electron chi connectivity index (χ1n) is 5.76. The van der Waals surface area contributed by atoms with E-state index in [1.807, 2.05) is 7.05 Å². The Bertz CT molecular complexity index is 388. The van der Waals surface area contributed by atoms with Crippen LogP contribution in [0.1, 0.15) is 5.56 Å². The second-order valence-corrected chi connectivity index (χ2v) is 4.43. The number of Topliss-reactive ketones (excluding diaryl/α,β-unsaturated/α-hetero) is 1. The first-order valence-corrected chi connectivity index (χ1v) is 5.76. The number of rotatable bonds is 3. The molecule has 1 heterocycles. The predicted molar refractivity (Wildman–Crippen MR) is 64.1 cm³/mol. The van der Waals surface area contributed by atoms with E-state index in [0.717, 1.165) is 12.1 Å². The van der Waals surface area contributed by atoms with E-state index in [9.17, 15) is 4.79 Å². The number of hydrogen-bond donors (Lipinski definition) is 1. The Balaban J connectivity index is 1.94. The van der Waals surface area contributed by atoms with E-state index in [4.69, 9.17) is 9.84 Å². The fourth-order valence-corrected chi connectivity index (χ4v) is 1.90. The number of aromatic hydroxyl groups is 1. The van der Waals surface area contributed by atoms with Gasteiger partial charge in [0.2, 0.25) is 0 Å². The smallest absolute Gasteiger partial charge is 0.167 e. The molecule has 1 atom stereocenters. The summed E-state index contributed by atoms with van der Waals surface area (Å²) in [4.78, 5) is 14.1. The van der Waals surface area contributed by atoms with Crippen LogP contribution in [0.3, 0.4) is 0 Å². The quantitative estimate of drug-likeness (QED) is 0.843. The highest BCUT2D eigenvalue weighted by molar-refractivity contribution is 5.85. The Morgan fingerprint density at radius 2 is 2.18 bits per heavy atom. The maximum absolute atomic E-state index is 12.0. The van der Waals surface area contributed by atoms with Gasteiger partial charge < -0.3 is 14.7 Å². The van der Waals surface area contributed by atoms with Gasteiger partial charge in [-0.05, 0) is 24.7 Å². The third-order valence-corrected chi connectivity index (χ3v) is 2.94. The van der Waals surface area contributed by atoms with Crippen LogP contribution in [0.4, 0.5) is 0 Å². The number of nitrogens with zero attached hydrogens (tertiary/aromatic N) is 1. The van der Waals surface area contributed by atoms with Gasteiger partial charge in [0.15, 0.2) is 5.78 Å². The lowest BCUT2D eigenvalue weighted by molar-refractivity contribution is -0.134. The lowest BCUT2D eigenvalue weighted by Gasteiger charge is -2.29. The molecular formula is C13H17NO3. The van der Waals surface area contributed by atoms with Crippen LogP contribution in [0.5, 0.6) is 5.75 Å². The van der Waals surface area contributed by atoms with Crippen LogP contribution in [-0.2, 0) is 16.0 Å². The van der Waals surface area contributed by atoms with Crippen molar-refractivity contribution in [2.75, 3.05) is 26.7 Å². The van der Waals surface area contributed by atoms with Gasteiger partial charge in [0.25, 0.3) is 0 Å². The van der Waals surface area contributed by atoms with E-state index in [-0.39, 0.29) is 17.6 Å². The van der Waals surface area contributed by atoms with Crippen LogP contribution >= 0.6 is 0 Å². The normalized spacial score (nSPS) is 21.4. The summed E-state index contributed by atoms with van der Waals surface area (Å²) in [5.74, 6) is 0.317. The van der Waals surface area contributed by atoms with Crippen molar-refractivity contribution in [1.82, 2.24) is 4.90 Å². The number of carbonyl (C=O) groups is 1. The molecule has 1 aromatic rings. The second-order valence-electron chi connectivity index (χ2n) is 4.43. The molecule has 1 aliphatic heterocycles. The van der Waals surface area contributed by atoms with Gasteiger partial charge in [0, 0.05) is 19.5 Å². The minimum atomic E-state index is -0.317. The Hall–Kier alpha value is -1.39. The first kappa shape index (κ1) is 12.1. The number of benzene rings is 1. The summed E-state index contributed by atoms with van der Waals surface area (Å²) >= 11 is 0. The van der Waals surface area contributed by atoms with Crippen molar-refractivity contribution >= 4 is 5.78 Å². The van der Waals surface area contributed by atoms with Gasteiger partial charge in [-0.15, -0.1) is 0 Å². The number of phenolic OH excluding ortho intramolecular Hbond substituents is 1. The number of likely N-dealkylation sites (N-methyl/N-ethyl adjacent to an activating group) is 1. The van der Waals surface area contributed by atoms with Crippen molar-refractivity contribution in [1.29, 1.82) is 0 Å². The summed E-state index contributed by atoms with van der Waals surface area (Å²) in [6, 6.07) is 6.71. The van der Waals surface area contributed by atoms with E-state index >= 15 is 0 Å². The van der Waals surface area contributed by atoms with Crippen molar-refractivity contribution < 1.29 is 14.6 Å². The molecular weight excluding hydrogens is 218 g/mol. The van der Waals surface area contributed by atoms with Crippen molar-refractivity contribution in [3.63, 3.8) is 0 Å². The summed E-state index contributed by atoms with van der Waals surface area (Å²) in [7, 11) is 1.99. The van der Waals surface area contributed by atoms with Gasteiger partial charge >= 0.3 is 0 Å². The van der Waals surface area contributed by atoms with Gasteiger partial charge in [-0.2, -0.15) is 0 Å². The molecule has 0 aromatic heterocycles. The lowest BCUT2D eigenvalue weighted by Crippen LogP contribution is -2.44. The first-order chi connectivity index (χ1) is 8.15. The molecule has 1 fully saturated rings. The zero-order chi connectivity index (χ0) is 12.3. The molecule has 0 spiro atoms. The summed E-state index contributed by atoms with van der Waals surface area (Å²) < 4.78 is 5.47. The molecule has 0 saturated carbocycles. The Labute approximate surface area is 101 Å². The molecule has 1 unspecified atom stereocenters. The van der Waals surface area contributed by atoms with E-state index < -0.39 is 0 Å². The van der Waals surface area contributed by atoms with E-state index in [1.54, 1.807) is 24.3 Å². The topological polar surface area (TPSA) is 49.8 Å². The molecule has 0 bridgehead atoms. The minimum Gasteiger partial charge on any atom is -0.508 e. The molecule has 4 nitrogen and oxygen atoms in total. The van der Waals surface area contributed by atoms with Crippen LogP contribution in [0.15, 0.2) is 24.3 Å². The molecule has 2 rings (SSSR count). The molecule has 0 amide bonds. The van der Waals surface area contributed by atoms with Crippen LogP contribution in [0.25, 0.3) is 0 Å². The summed E-state index contributed by atoms with van der Waals surface area (Å²) in [6.45, 7) is 2.16. The van der Waals surface area contributed by atoms with Gasteiger partial charge in [-0.1, -0.05) is 12.1 Å². The van der Waals surface area contributed by atoms with Crippen LogP contribution in [0.2, 0.25) is 0 Å². The lowest BCUT2D eigenvalue weighted by atomic mass is 10.0. The van der Waals surface area contributed by atoms with Gasteiger partial charge in [0.05, 0.1) is 6.61 Å². The van der Waals surface area contributed by atoms with Crippen molar-refractivity contribution in [2.24, 2.45) is 0 Å². The summed E-state index contributed by atoms with van der Waals surface area (Å²) in [5, 5.41) is 9.16. The van der Waals surface area contributed by atoms with E-state index in [2.05, 4.69) is 4.90 Å². The number of carbonyl (C=O) groups excluding carboxylic acids is 1. The highest BCUT2D eigenvalue weighted by Gasteiger charge is 2.24. The predicted octanol–water partition coefficient (Wildman–Crippen LogP) is 0.834. The Morgan fingerprint density at radius 3 is 2.82 bits per heavy atom. The molecule has 1 saturated heterocycles. The largest absolute Gasteiger partial charge is 0.508 e. The maximum atomic E-state index is 12.0. The highest BCUT2D eigenvalue weighted by atomic mass is 16.5. The van der Waals surface area contributed by atoms with Gasteiger partial charge in [0.1, 0.15) is 11.9 Å². The zero-order valence-electron chi connectivity index (χ0n) is 9.93. The van der Waals surface area contributed by atoms with Crippen LogP contribution in [0, 0.1) is 0 Å². The average molecular weight is 235 g/mol. The number of ketones is 1. The maximum Gasteiger partial charge on any atom is 0.167 e. The fraction of sp³-hybridized carbons (Fsp3) is 0.462. The van der Waals surface area contributed by atoms with E-state index in [0.29, 0.717) is 19.6 Å². The third kappa shape index (κ3) is 3.28. The fourth-order valence-electron chi connectivity index (χ4n) is 1.90. The average Bonchev–Trinajstić information content (AvgIpc) is 2.32. The number of hydrogen-bond acceptors (Lipinski definition) is 4.